The number of imide groups is 1. The summed E-state index contributed by atoms with van der Waals surface area (Å²) in [5.74, 6) is -4.47. The number of nitro benzene ring substituents is 1. The molecule has 0 bridgehead atoms. The van der Waals surface area contributed by atoms with Gasteiger partial charge in [0.25, 0.3) is 5.69 Å². The van der Waals surface area contributed by atoms with Crippen molar-refractivity contribution in [1.29, 1.82) is 0 Å². The van der Waals surface area contributed by atoms with Gasteiger partial charge in [-0.25, -0.2) is 4.90 Å². The van der Waals surface area contributed by atoms with Gasteiger partial charge >= 0.3 is 5.97 Å². The molecule has 1 saturated heterocycles. The first-order chi connectivity index (χ1) is 20.8. The minimum Gasteiger partial charge on any atom is -0.454 e. The second-order valence-corrected chi connectivity index (χ2v) is 11.2. The van der Waals surface area contributed by atoms with Crippen LogP contribution in [0.2, 0.25) is 5.02 Å². The fraction of sp³-hybridized carbons (Fsp3) is 0.156. The van der Waals surface area contributed by atoms with Gasteiger partial charge in [-0.15, -0.1) is 0 Å². The van der Waals surface area contributed by atoms with E-state index in [1.807, 2.05) is 36.4 Å². The molecule has 0 aromatic heterocycles. The highest BCUT2D eigenvalue weighted by Gasteiger charge is 2.61. The molecule has 212 valence electrons. The van der Waals surface area contributed by atoms with Crippen LogP contribution in [0.3, 0.4) is 0 Å². The standard InChI is InChI=1S/C32H19ClN2O8/c33-21-8-7-17(35(39)40)12-22(21)34-30(36)27-19(16-6-9-23-25(11-16)42-14-41-23)13-20-26-18-4-2-1-3-15(18)5-10-24(26)43-32(38)28(20)29(27)31(34)37/h1-13,19,27-29H,14H2/t19-,27+,28-,29-/m1/s1. The minimum atomic E-state index is -1.15. The Labute approximate surface area is 248 Å². The van der Waals surface area contributed by atoms with Crippen molar-refractivity contribution in [2.24, 2.45) is 17.8 Å². The Hall–Kier alpha value is -5.22. The average Bonchev–Trinajstić information content (AvgIpc) is 3.58. The highest BCUT2D eigenvalue weighted by molar-refractivity contribution is 6.36. The summed E-state index contributed by atoms with van der Waals surface area (Å²) in [4.78, 5) is 54.1. The molecule has 3 aliphatic heterocycles. The summed E-state index contributed by atoms with van der Waals surface area (Å²) in [5.41, 5.74) is 1.50. The normalized spacial score (nSPS) is 23.4. The van der Waals surface area contributed by atoms with Crippen molar-refractivity contribution in [3.8, 4) is 17.2 Å². The molecule has 11 heteroatoms. The summed E-state index contributed by atoms with van der Waals surface area (Å²) in [7, 11) is 0. The van der Waals surface area contributed by atoms with Crippen LogP contribution < -0.4 is 19.1 Å². The maximum atomic E-state index is 14.3. The van der Waals surface area contributed by atoms with Crippen molar-refractivity contribution in [2.75, 3.05) is 11.7 Å². The Bertz CT molecular complexity index is 1990. The van der Waals surface area contributed by atoms with E-state index in [-0.39, 0.29) is 23.2 Å². The van der Waals surface area contributed by atoms with E-state index >= 15 is 0 Å². The van der Waals surface area contributed by atoms with Crippen LogP contribution in [0.25, 0.3) is 16.3 Å². The zero-order chi connectivity index (χ0) is 29.6. The monoisotopic (exact) mass is 594 g/mol. The summed E-state index contributed by atoms with van der Waals surface area (Å²) >= 11 is 6.42. The molecule has 0 N–H and O–H groups in total. The van der Waals surface area contributed by atoms with E-state index in [1.54, 1.807) is 24.3 Å². The molecule has 4 aliphatic rings. The van der Waals surface area contributed by atoms with E-state index < -0.39 is 46.4 Å². The van der Waals surface area contributed by atoms with Gasteiger partial charge in [-0.3, -0.25) is 24.5 Å². The van der Waals surface area contributed by atoms with Crippen LogP contribution in [0.4, 0.5) is 11.4 Å². The number of nitrogens with zero attached hydrogens (tertiary/aromatic N) is 2. The highest BCUT2D eigenvalue weighted by Crippen LogP contribution is 2.56. The smallest absolute Gasteiger partial charge is 0.319 e. The number of anilines is 1. The number of hydrogen-bond acceptors (Lipinski definition) is 8. The van der Waals surface area contributed by atoms with Crippen molar-refractivity contribution in [2.45, 2.75) is 5.92 Å². The molecule has 4 aromatic rings. The highest BCUT2D eigenvalue weighted by atomic mass is 35.5. The lowest BCUT2D eigenvalue weighted by molar-refractivity contribution is -0.384. The number of esters is 1. The van der Waals surface area contributed by atoms with Gasteiger partial charge in [-0.2, -0.15) is 0 Å². The van der Waals surface area contributed by atoms with Crippen LogP contribution in [0, 0.1) is 27.9 Å². The lowest BCUT2D eigenvalue weighted by Gasteiger charge is -2.38. The zero-order valence-corrected chi connectivity index (χ0v) is 22.8. The molecule has 0 unspecified atom stereocenters. The molecule has 10 nitrogen and oxygen atoms in total. The number of allylic oxidation sites excluding steroid dienone is 1. The molecule has 0 radical (unpaired) electrons. The maximum absolute atomic E-state index is 14.3. The number of carbonyl (C=O) groups excluding carboxylic acids is 3. The fourth-order valence-electron chi connectivity index (χ4n) is 6.80. The Morgan fingerprint density at radius 2 is 1.63 bits per heavy atom. The third-order valence-corrected chi connectivity index (χ3v) is 8.96. The summed E-state index contributed by atoms with van der Waals surface area (Å²) in [5, 5.41) is 13.3. The maximum Gasteiger partial charge on any atom is 0.319 e. The predicted molar refractivity (Wildman–Crippen MR) is 154 cm³/mol. The number of halogens is 1. The number of fused-ring (bicyclic) bond motifs is 8. The number of non-ortho nitro benzene ring substituents is 1. The number of amides is 2. The van der Waals surface area contributed by atoms with Gasteiger partial charge in [0.2, 0.25) is 18.6 Å². The van der Waals surface area contributed by atoms with Crippen molar-refractivity contribution in [3.05, 3.63) is 105 Å². The number of benzene rings is 4. The largest absolute Gasteiger partial charge is 0.454 e. The second-order valence-electron chi connectivity index (χ2n) is 10.8. The van der Waals surface area contributed by atoms with Crippen molar-refractivity contribution in [3.63, 3.8) is 0 Å². The number of rotatable bonds is 3. The molecule has 1 aliphatic carbocycles. The van der Waals surface area contributed by atoms with E-state index in [0.29, 0.717) is 33.9 Å². The molecule has 3 heterocycles. The van der Waals surface area contributed by atoms with Crippen molar-refractivity contribution < 1.29 is 33.5 Å². The number of nitro groups is 1. The number of carbonyl (C=O) groups is 3. The van der Waals surface area contributed by atoms with E-state index in [0.717, 1.165) is 21.7 Å². The molecule has 0 spiro atoms. The molecule has 8 rings (SSSR count). The van der Waals surface area contributed by atoms with Crippen LogP contribution in [0.5, 0.6) is 17.2 Å². The van der Waals surface area contributed by atoms with Crippen LogP contribution in [-0.2, 0) is 14.4 Å². The van der Waals surface area contributed by atoms with E-state index in [4.69, 9.17) is 25.8 Å². The number of hydrogen-bond donors (Lipinski definition) is 0. The summed E-state index contributed by atoms with van der Waals surface area (Å²) in [6, 6.07) is 20.1. The van der Waals surface area contributed by atoms with Gasteiger partial charge in [0.05, 0.1) is 33.4 Å². The second kappa shape index (κ2) is 9.14. The molecule has 4 atom stereocenters. The van der Waals surface area contributed by atoms with E-state index in [2.05, 4.69) is 0 Å². The molecule has 43 heavy (non-hydrogen) atoms. The Morgan fingerprint density at radius 3 is 2.47 bits per heavy atom. The third kappa shape index (κ3) is 3.63. The molecular weight excluding hydrogens is 576 g/mol. The molecule has 4 aromatic carbocycles. The van der Waals surface area contributed by atoms with E-state index in [1.165, 1.54) is 12.1 Å². The Morgan fingerprint density at radius 1 is 0.860 bits per heavy atom. The van der Waals surface area contributed by atoms with Gasteiger partial charge in [0.15, 0.2) is 11.5 Å². The third-order valence-electron chi connectivity index (χ3n) is 8.65. The van der Waals surface area contributed by atoms with Crippen molar-refractivity contribution >= 4 is 57.1 Å². The zero-order valence-electron chi connectivity index (χ0n) is 22.1. The van der Waals surface area contributed by atoms with Gasteiger partial charge in [-0.05, 0) is 46.2 Å². The van der Waals surface area contributed by atoms with Gasteiger partial charge < -0.3 is 14.2 Å². The van der Waals surface area contributed by atoms with Crippen molar-refractivity contribution in [1.82, 2.24) is 0 Å². The Kier molecular flexibility index (Phi) is 5.42. The summed E-state index contributed by atoms with van der Waals surface area (Å²) < 4.78 is 16.9. The molecule has 0 saturated carbocycles. The topological polar surface area (TPSA) is 125 Å². The molecule has 1 fully saturated rings. The SMILES string of the molecule is O=C1Oc2ccc3ccccc3c2C2=C[C@H](c3ccc4c(c3)OCO4)[C@@H]3C(=O)N(c4cc([N+](=O)[O-])ccc4Cl)C(=O)[C@H]3[C@H]12. The lowest BCUT2D eigenvalue weighted by Crippen LogP contribution is -2.42. The quantitative estimate of drug-likeness (QED) is 0.0979. The average molecular weight is 595 g/mol. The van der Waals surface area contributed by atoms with Crippen LogP contribution in [-0.4, -0.2) is 29.5 Å². The van der Waals surface area contributed by atoms with Gasteiger partial charge in [0.1, 0.15) is 5.75 Å². The first kappa shape index (κ1) is 25.5. The molecular formula is C32H19ClN2O8. The summed E-state index contributed by atoms with van der Waals surface area (Å²) in [6.45, 7) is 0.0559. The minimum absolute atomic E-state index is 0.0127. The molecule has 2 amide bonds. The van der Waals surface area contributed by atoms with E-state index in [9.17, 15) is 24.5 Å². The van der Waals surface area contributed by atoms with Crippen LogP contribution in [0.1, 0.15) is 17.0 Å². The van der Waals surface area contributed by atoms with Crippen LogP contribution >= 0.6 is 11.6 Å². The Balaban J connectivity index is 1.36. The fourth-order valence-corrected chi connectivity index (χ4v) is 7.00. The van der Waals surface area contributed by atoms with Crippen LogP contribution in [0.15, 0.2) is 78.9 Å². The first-order valence-electron chi connectivity index (χ1n) is 13.5. The summed E-state index contributed by atoms with van der Waals surface area (Å²) in [6.07, 6.45) is 1.87. The first-order valence-corrected chi connectivity index (χ1v) is 13.9. The number of ether oxygens (including phenoxy) is 3. The van der Waals surface area contributed by atoms with Gasteiger partial charge in [-0.1, -0.05) is 54.1 Å². The lowest BCUT2D eigenvalue weighted by atomic mass is 9.64. The van der Waals surface area contributed by atoms with Gasteiger partial charge in [0, 0.05) is 23.6 Å². The predicted octanol–water partition coefficient (Wildman–Crippen LogP) is 5.65.